The number of hydrogen-bond acceptors (Lipinski definition) is 5. The first-order valence-electron chi connectivity index (χ1n) is 12.2. The molecule has 182 valence electrons. The number of carbonyl (C=O) groups excluding carboxylic acids is 1. The van der Waals surface area contributed by atoms with E-state index in [-0.39, 0.29) is 16.8 Å². The first kappa shape index (κ1) is 24.2. The smallest absolute Gasteiger partial charge is 0.243 e. The Morgan fingerprint density at radius 3 is 2.55 bits per heavy atom. The van der Waals surface area contributed by atoms with Gasteiger partial charge in [0.1, 0.15) is 5.82 Å². The molecule has 1 aliphatic heterocycles. The molecule has 1 aromatic heterocycles. The second-order valence-corrected chi connectivity index (χ2v) is 11.2. The fraction of sp³-hybridized carbons (Fsp3) is 0.667. The number of imidazole rings is 1. The zero-order valence-electron chi connectivity index (χ0n) is 20.0. The third-order valence-electron chi connectivity index (χ3n) is 6.85. The third-order valence-corrected chi connectivity index (χ3v) is 8.74. The molecule has 2 aliphatic rings. The van der Waals surface area contributed by atoms with E-state index in [2.05, 4.69) is 23.3 Å². The number of amides is 1. The van der Waals surface area contributed by atoms with Crippen molar-refractivity contribution < 1.29 is 17.9 Å². The Bertz CT molecular complexity index is 1080. The van der Waals surface area contributed by atoms with Crippen molar-refractivity contribution in [2.75, 3.05) is 26.3 Å². The predicted octanol–water partition coefficient (Wildman–Crippen LogP) is 3.19. The fourth-order valence-electron chi connectivity index (χ4n) is 5.24. The van der Waals surface area contributed by atoms with Crippen LogP contribution in [0, 0.1) is 0 Å². The first-order chi connectivity index (χ1) is 15.8. The molecule has 1 saturated carbocycles. The average Bonchev–Trinajstić information content (AvgIpc) is 3.45. The second-order valence-electron chi connectivity index (χ2n) is 9.27. The molecule has 8 nitrogen and oxygen atoms in total. The molecule has 33 heavy (non-hydrogen) atoms. The second kappa shape index (κ2) is 10.1. The van der Waals surface area contributed by atoms with Gasteiger partial charge >= 0.3 is 0 Å². The van der Waals surface area contributed by atoms with Crippen LogP contribution in [0.5, 0.6) is 0 Å². The van der Waals surface area contributed by atoms with Crippen LogP contribution < -0.4 is 0 Å². The number of nitrogens with zero attached hydrogens (tertiary/aromatic N) is 4. The maximum Gasteiger partial charge on any atom is 0.243 e. The lowest BCUT2D eigenvalue weighted by Crippen LogP contribution is -2.43. The zero-order chi connectivity index (χ0) is 23.6. The summed E-state index contributed by atoms with van der Waals surface area (Å²) in [5, 5.41) is 0. The minimum Gasteiger partial charge on any atom is -0.379 e. The van der Waals surface area contributed by atoms with Crippen molar-refractivity contribution in [3.63, 3.8) is 0 Å². The lowest BCUT2D eigenvalue weighted by Gasteiger charge is -2.33. The molecule has 1 aromatic carbocycles. The van der Waals surface area contributed by atoms with Crippen molar-refractivity contribution in [3.05, 3.63) is 24.0 Å². The van der Waals surface area contributed by atoms with Gasteiger partial charge in [-0.3, -0.25) is 4.79 Å². The Morgan fingerprint density at radius 2 is 1.91 bits per heavy atom. The topological polar surface area (TPSA) is 84.7 Å². The van der Waals surface area contributed by atoms with Gasteiger partial charge in [-0.25, -0.2) is 13.4 Å². The fourth-order valence-corrected chi connectivity index (χ4v) is 6.67. The normalized spacial score (nSPS) is 18.4. The summed E-state index contributed by atoms with van der Waals surface area (Å²) < 4.78 is 35.0. The third kappa shape index (κ3) is 4.95. The highest BCUT2D eigenvalue weighted by molar-refractivity contribution is 7.89. The number of aryl methyl sites for hydroxylation is 2. The van der Waals surface area contributed by atoms with E-state index in [9.17, 15) is 13.2 Å². The van der Waals surface area contributed by atoms with Crippen molar-refractivity contribution in [1.82, 2.24) is 18.8 Å². The maximum absolute atomic E-state index is 13.1. The number of hydrogen-bond donors (Lipinski definition) is 0. The summed E-state index contributed by atoms with van der Waals surface area (Å²) in [6.45, 7) is 8.50. The van der Waals surface area contributed by atoms with Crippen molar-refractivity contribution in [2.24, 2.45) is 0 Å². The van der Waals surface area contributed by atoms with Gasteiger partial charge in [-0.05, 0) is 51.8 Å². The number of morpholine rings is 1. The summed E-state index contributed by atoms with van der Waals surface area (Å²) in [4.78, 5) is 20.2. The Hall–Kier alpha value is -1.97. The highest BCUT2D eigenvalue weighted by atomic mass is 32.2. The number of ether oxygens (including phenoxy) is 1. The molecule has 1 amide bonds. The van der Waals surface area contributed by atoms with Gasteiger partial charge in [-0.2, -0.15) is 4.31 Å². The van der Waals surface area contributed by atoms with Crippen LogP contribution in [0.1, 0.15) is 58.7 Å². The van der Waals surface area contributed by atoms with E-state index in [0.717, 1.165) is 24.2 Å². The minimum atomic E-state index is -3.58. The van der Waals surface area contributed by atoms with E-state index in [1.54, 1.807) is 12.1 Å². The molecular formula is C24H36N4O4S. The summed E-state index contributed by atoms with van der Waals surface area (Å²) in [5.74, 6) is 1.01. The number of aromatic nitrogens is 2. The predicted molar refractivity (Wildman–Crippen MR) is 128 cm³/mol. The van der Waals surface area contributed by atoms with Crippen molar-refractivity contribution in [3.8, 4) is 0 Å². The number of fused-ring (bicyclic) bond motifs is 1. The van der Waals surface area contributed by atoms with Gasteiger partial charge < -0.3 is 14.2 Å². The van der Waals surface area contributed by atoms with Gasteiger partial charge in [-0.15, -0.1) is 0 Å². The summed E-state index contributed by atoms with van der Waals surface area (Å²) >= 11 is 0. The minimum absolute atomic E-state index is 0.183. The van der Waals surface area contributed by atoms with E-state index >= 15 is 0 Å². The Labute approximate surface area is 196 Å². The highest BCUT2D eigenvalue weighted by Gasteiger charge is 2.29. The summed E-state index contributed by atoms with van der Waals surface area (Å²) in [6, 6.07) is 5.71. The summed E-state index contributed by atoms with van der Waals surface area (Å²) in [5.41, 5.74) is 1.56. The van der Waals surface area contributed by atoms with Crippen LogP contribution in [0.3, 0.4) is 0 Å². The number of benzene rings is 1. The molecule has 2 heterocycles. The molecule has 0 unspecified atom stereocenters. The molecule has 9 heteroatoms. The van der Waals surface area contributed by atoms with Crippen molar-refractivity contribution in [1.29, 1.82) is 0 Å². The average molecular weight is 477 g/mol. The Kier molecular flexibility index (Phi) is 7.40. The molecule has 0 radical (unpaired) electrons. The number of carbonyl (C=O) groups is 1. The molecular weight excluding hydrogens is 440 g/mol. The van der Waals surface area contributed by atoms with Crippen LogP contribution >= 0.6 is 0 Å². The van der Waals surface area contributed by atoms with E-state index in [1.807, 2.05) is 13.0 Å². The molecule has 2 aromatic rings. The molecule has 0 atom stereocenters. The number of sulfonamides is 1. The van der Waals surface area contributed by atoms with E-state index < -0.39 is 10.0 Å². The van der Waals surface area contributed by atoms with Gasteiger partial charge in [0.2, 0.25) is 15.9 Å². The van der Waals surface area contributed by atoms with Gasteiger partial charge in [0.25, 0.3) is 0 Å². The molecule has 0 N–H and O–H groups in total. The van der Waals surface area contributed by atoms with Gasteiger partial charge in [0, 0.05) is 44.6 Å². The largest absolute Gasteiger partial charge is 0.379 e. The lowest BCUT2D eigenvalue weighted by atomic mass is 10.1. The molecule has 1 saturated heterocycles. The van der Waals surface area contributed by atoms with Crippen LogP contribution in [0.4, 0.5) is 0 Å². The van der Waals surface area contributed by atoms with Gasteiger partial charge in [0.05, 0.1) is 29.1 Å². The molecule has 4 rings (SSSR count). The van der Waals surface area contributed by atoms with Crippen molar-refractivity contribution >= 4 is 27.0 Å². The van der Waals surface area contributed by atoms with Gasteiger partial charge in [-0.1, -0.05) is 12.8 Å². The van der Waals surface area contributed by atoms with E-state index in [0.29, 0.717) is 57.2 Å². The monoisotopic (exact) mass is 476 g/mol. The standard InChI is InChI=1S/C24H36N4O4S/c1-4-27-22-10-9-20(33(30,31)26-13-15-32-16-14-26)17-21(22)25-23(27)11-12-24(29)28(18(2)3)19-7-5-6-8-19/h9-10,17-19H,4-8,11-16H2,1-3H3. The van der Waals surface area contributed by atoms with Gasteiger partial charge in [0.15, 0.2) is 0 Å². The molecule has 0 spiro atoms. The van der Waals surface area contributed by atoms with E-state index in [1.165, 1.54) is 17.1 Å². The van der Waals surface area contributed by atoms with E-state index in [4.69, 9.17) is 9.72 Å². The van der Waals surface area contributed by atoms with Crippen LogP contribution in [0.15, 0.2) is 23.1 Å². The molecule has 2 fully saturated rings. The van der Waals surface area contributed by atoms with Crippen LogP contribution in [-0.2, 0) is 32.5 Å². The quantitative estimate of drug-likeness (QED) is 0.584. The Balaban J connectivity index is 1.55. The molecule has 1 aliphatic carbocycles. The van der Waals surface area contributed by atoms with Crippen LogP contribution in [0.2, 0.25) is 0 Å². The SMILES string of the molecule is CCn1c(CCC(=O)N(C(C)C)C2CCCC2)nc2cc(S(=O)(=O)N3CCOCC3)ccc21. The maximum atomic E-state index is 13.1. The summed E-state index contributed by atoms with van der Waals surface area (Å²) in [6.07, 6.45) is 5.54. The Morgan fingerprint density at radius 1 is 1.21 bits per heavy atom. The lowest BCUT2D eigenvalue weighted by molar-refractivity contribution is -0.135. The number of rotatable bonds is 8. The summed E-state index contributed by atoms with van der Waals surface area (Å²) in [7, 11) is -3.58. The highest BCUT2D eigenvalue weighted by Crippen LogP contribution is 2.27. The van der Waals surface area contributed by atoms with Crippen LogP contribution in [-0.4, -0.2) is 71.5 Å². The van der Waals surface area contributed by atoms with Crippen LogP contribution in [0.25, 0.3) is 11.0 Å². The van der Waals surface area contributed by atoms with Crippen molar-refractivity contribution in [2.45, 2.75) is 82.8 Å². The first-order valence-corrected chi connectivity index (χ1v) is 13.6. The zero-order valence-corrected chi connectivity index (χ0v) is 20.8. The molecule has 0 bridgehead atoms.